The molecule has 0 unspecified atom stereocenters. The topological polar surface area (TPSA) is 160 Å². The molecular weight excluding hydrogens is 432 g/mol. The van der Waals surface area contributed by atoms with Gasteiger partial charge in [-0.05, 0) is 24.3 Å². The maximum Gasteiger partial charge on any atom is 0.292 e. The predicted molar refractivity (Wildman–Crippen MR) is 118 cm³/mol. The van der Waals surface area contributed by atoms with Gasteiger partial charge in [0, 0.05) is 12.1 Å². The van der Waals surface area contributed by atoms with E-state index in [1.54, 1.807) is 12.4 Å². The van der Waals surface area contributed by atoms with Gasteiger partial charge >= 0.3 is 0 Å². The Hall–Kier alpha value is -4.29. The van der Waals surface area contributed by atoms with Crippen molar-refractivity contribution >= 4 is 34.6 Å². The number of nitrogen functional groups attached to an aromatic ring is 2. The summed E-state index contributed by atoms with van der Waals surface area (Å²) < 4.78 is 13.1. The van der Waals surface area contributed by atoms with E-state index in [4.69, 9.17) is 20.9 Å². The zero-order chi connectivity index (χ0) is 24.1. The van der Waals surface area contributed by atoms with E-state index in [-0.39, 0.29) is 24.5 Å². The lowest BCUT2D eigenvalue weighted by Gasteiger charge is -2.16. The molecule has 3 aromatic rings. The van der Waals surface area contributed by atoms with Crippen LogP contribution >= 0.6 is 0 Å². The van der Waals surface area contributed by atoms with Crippen molar-refractivity contribution in [1.82, 2.24) is 4.57 Å². The number of nitrogens with zero attached hydrogens (tertiary/aromatic N) is 4. The van der Waals surface area contributed by atoms with Crippen LogP contribution in [0, 0.1) is 0 Å². The van der Waals surface area contributed by atoms with E-state index in [0.717, 1.165) is 0 Å². The van der Waals surface area contributed by atoms with Gasteiger partial charge in [0.15, 0.2) is 13.1 Å². The zero-order valence-corrected chi connectivity index (χ0v) is 18.1. The third-order valence-corrected chi connectivity index (χ3v) is 4.78. The number of imidazole rings is 1. The van der Waals surface area contributed by atoms with Gasteiger partial charge in [-0.25, -0.2) is 9.13 Å². The second kappa shape index (κ2) is 9.89. The van der Waals surface area contributed by atoms with Crippen molar-refractivity contribution in [3.8, 4) is 11.5 Å². The number of carbonyl (C=O) groups excluding carboxylic acids is 2. The van der Waals surface area contributed by atoms with Crippen LogP contribution in [0.4, 0.5) is 22.7 Å². The first-order valence-corrected chi connectivity index (χ1v) is 9.69. The Morgan fingerprint density at radius 2 is 1.45 bits per heavy atom. The maximum atomic E-state index is 12.4. The molecule has 0 saturated carbocycles. The van der Waals surface area contributed by atoms with Crippen molar-refractivity contribution in [1.29, 1.82) is 0 Å². The Labute approximate surface area is 189 Å². The van der Waals surface area contributed by atoms with Crippen LogP contribution < -0.4 is 35.6 Å². The lowest BCUT2D eigenvalue weighted by atomic mass is 10.2. The number of carbonyl (C=O) groups is 2. The highest BCUT2D eigenvalue weighted by atomic mass is 16.5. The summed E-state index contributed by atoms with van der Waals surface area (Å²) >= 11 is 0. The van der Waals surface area contributed by atoms with E-state index in [1.807, 2.05) is 0 Å². The van der Waals surface area contributed by atoms with Crippen LogP contribution in [0.5, 0.6) is 11.5 Å². The molecule has 6 N–H and O–H groups in total. The van der Waals surface area contributed by atoms with Gasteiger partial charge in [-0.3, -0.25) is 20.0 Å². The number of hydroxylamine groups is 2. The summed E-state index contributed by atoms with van der Waals surface area (Å²) in [6.45, 7) is -0.412. The number of ether oxygens (including phenoxy) is 2. The normalized spacial score (nSPS) is 10.5. The van der Waals surface area contributed by atoms with Gasteiger partial charge in [-0.2, -0.15) is 10.1 Å². The number of hydrogen-bond donors (Lipinski definition) is 4. The van der Waals surface area contributed by atoms with E-state index in [2.05, 4.69) is 0 Å². The number of methoxy groups -OCH3 is 2. The molecule has 0 radical (unpaired) electrons. The number of anilines is 4. The number of rotatable bonds is 8. The molecule has 0 aliphatic heterocycles. The summed E-state index contributed by atoms with van der Waals surface area (Å²) in [5.74, 6) is -0.616. The van der Waals surface area contributed by atoms with E-state index in [1.165, 1.54) is 66.1 Å². The highest BCUT2D eigenvalue weighted by molar-refractivity contribution is 5.91. The van der Waals surface area contributed by atoms with E-state index < -0.39 is 11.8 Å². The van der Waals surface area contributed by atoms with E-state index >= 15 is 0 Å². The maximum absolute atomic E-state index is 12.4. The molecule has 12 heteroatoms. The lowest BCUT2D eigenvalue weighted by Crippen LogP contribution is -2.43. The van der Waals surface area contributed by atoms with Crippen LogP contribution in [-0.2, 0) is 22.7 Å². The Kier molecular flexibility index (Phi) is 7.00. The highest BCUT2D eigenvalue weighted by Gasteiger charge is 2.21. The molecule has 12 nitrogen and oxygen atoms in total. The van der Waals surface area contributed by atoms with Crippen LogP contribution in [0.3, 0.4) is 0 Å². The first-order chi connectivity index (χ1) is 15.7. The fraction of sp³-hybridized carbons (Fsp3) is 0.190. The molecule has 2 aromatic carbocycles. The van der Waals surface area contributed by atoms with Crippen LogP contribution in [0.1, 0.15) is 0 Å². The van der Waals surface area contributed by atoms with Crippen molar-refractivity contribution in [2.75, 3.05) is 35.8 Å². The Morgan fingerprint density at radius 3 is 1.97 bits per heavy atom. The minimum atomic E-state index is -0.631. The van der Waals surface area contributed by atoms with Gasteiger partial charge < -0.3 is 20.9 Å². The zero-order valence-electron chi connectivity index (χ0n) is 18.1. The van der Waals surface area contributed by atoms with Crippen LogP contribution in [0.25, 0.3) is 0 Å². The summed E-state index contributed by atoms with van der Waals surface area (Å²) in [5.41, 5.74) is 12.6. The Morgan fingerprint density at radius 1 is 0.939 bits per heavy atom. The summed E-state index contributed by atoms with van der Waals surface area (Å²) in [5, 5.41) is 21.4. The molecule has 1 heterocycles. The quantitative estimate of drug-likeness (QED) is 0.167. The SMILES string of the molecule is COc1cc(N(O)C(=O)Cn2cc[n+](CC(=O)N(O)c3ccc(N)c(OC)c3)c2)ccc1N. The fourth-order valence-corrected chi connectivity index (χ4v) is 3.02. The molecule has 174 valence electrons. The van der Waals surface area contributed by atoms with E-state index in [0.29, 0.717) is 33.0 Å². The molecule has 33 heavy (non-hydrogen) atoms. The largest absolute Gasteiger partial charge is 0.495 e. The second-order valence-electron chi connectivity index (χ2n) is 7.02. The molecule has 0 atom stereocenters. The van der Waals surface area contributed by atoms with Crippen molar-refractivity contribution in [2.45, 2.75) is 13.1 Å². The first-order valence-electron chi connectivity index (χ1n) is 9.69. The summed E-state index contributed by atoms with van der Waals surface area (Å²) in [4.78, 5) is 24.9. The van der Waals surface area contributed by atoms with Gasteiger partial charge in [0.1, 0.15) is 23.9 Å². The standard InChI is InChI=1S/C21H25N6O6/c1-32-18-9-14(3-5-16(18)22)26(30)20(28)11-24-7-8-25(13-24)12-21(29)27(31)15-4-6-17(23)19(10-15)33-2/h3-10,13,30-31H,11-12,22-23H2,1-2H3/q+1. The van der Waals surface area contributed by atoms with Gasteiger partial charge in [-0.1, -0.05) is 0 Å². The van der Waals surface area contributed by atoms with Gasteiger partial charge in [-0.15, -0.1) is 0 Å². The smallest absolute Gasteiger partial charge is 0.292 e. The van der Waals surface area contributed by atoms with Crippen molar-refractivity contribution in [3.63, 3.8) is 0 Å². The van der Waals surface area contributed by atoms with Gasteiger partial charge in [0.25, 0.3) is 11.8 Å². The number of aromatic nitrogens is 2. The number of nitrogens with two attached hydrogens (primary N) is 2. The van der Waals surface area contributed by atoms with Crippen LogP contribution in [0.15, 0.2) is 55.1 Å². The molecule has 0 bridgehead atoms. The predicted octanol–water partition coefficient (Wildman–Crippen LogP) is 0.802. The first kappa shape index (κ1) is 23.4. The minimum absolute atomic E-state index is 0.191. The molecule has 0 spiro atoms. The minimum Gasteiger partial charge on any atom is -0.495 e. The molecule has 3 rings (SSSR count). The molecule has 0 saturated heterocycles. The average molecular weight is 457 g/mol. The summed E-state index contributed by atoms with van der Waals surface area (Å²) in [6, 6.07) is 8.85. The van der Waals surface area contributed by atoms with Crippen LogP contribution in [-0.4, -0.2) is 41.0 Å². The number of benzene rings is 2. The molecule has 0 aliphatic rings. The molecule has 0 aliphatic carbocycles. The van der Waals surface area contributed by atoms with Crippen LogP contribution in [0.2, 0.25) is 0 Å². The number of hydrogen-bond acceptors (Lipinski definition) is 8. The van der Waals surface area contributed by atoms with E-state index in [9.17, 15) is 20.0 Å². The third kappa shape index (κ3) is 5.31. The van der Waals surface area contributed by atoms with Crippen molar-refractivity contribution in [3.05, 3.63) is 55.1 Å². The second-order valence-corrected chi connectivity index (χ2v) is 7.02. The monoisotopic (exact) mass is 457 g/mol. The molecular formula is C21H25N6O6+. The lowest BCUT2D eigenvalue weighted by molar-refractivity contribution is -0.683. The molecule has 1 aromatic heterocycles. The van der Waals surface area contributed by atoms with Gasteiger partial charge in [0.2, 0.25) is 6.33 Å². The Bertz CT molecular complexity index is 1080. The molecule has 2 amide bonds. The van der Waals surface area contributed by atoms with Gasteiger partial charge in [0.05, 0.1) is 37.0 Å². The average Bonchev–Trinajstić information content (AvgIpc) is 3.25. The van der Waals surface area contributed by atoms with Crippen molar-refractivity contribution < 1.29 is 34.0 Å². The fourth-order valence-electron chi connectivity index (χ4n) is 3.02. The van der Waals surface area contributed by atoms with Crippen molar-refractivity contribution in [2.24, 2.45) is 0 Å². The highest BCUT2D eigenvalue weighted by Crippen LogP contribution is 2.27. The Balaban J connectivity index is 1.63. The number of amides is 2. The summed E-state index contributed by atoms with van der Waals surface area (Å²) in [6.07, 6.45) is 4.59. The summed E-state index contributed by atoms with van der Waals surface area (Å²) in [7, 11) is 2.85. The third-order valence-electron chi connectivity index (χ3n) is 4.78. The molecule has 0 fully saturated rings.